The Balaban J connectivity index is 2.53. The molecule has 4 nitrogen and oxygen atoms in total. The molecule has 2 rings (SSSR count). The first kappa shape index (κ1) is 10.8. The van der Waals surface area contributed by atoms with Crippen LogP contribution in [0.4, 0.5) is 0 Å². The van der Waals surface area contributed by atoms with Crippen LogP contribution in [0.1, 0.15) is 6.92 Å². The molecule has 0 saturated carbocycles. The van der Waals surface area contributed by atoms with Gasteiger partial charge in [0.1, 0.15) is 14.9 Å². The van der Waals surface area contributed by atoms with Gasteiger partial charge in [-0.2, -0.15) is 5.10 Å². The second-order valence-electron chi connectivity index (χ2n) is 2.87. The Labute approximate surface area is 104 Å². The molecule has 0 aliphatic rings. The maximum Gasteiger partial charge on any atom is 0.179 e. The van der Waals surface area contributed by atoms with E-state index in [0.29, 0.717) is 5.82 Å². The third-order valence-corrected chi connectivity index (χ3v) is 2.72. The molecule has 2 aromatic rings. The summed E-state index contributed by atoms with van der Waals surface area (Å²) in [6.45, 7) is 2.83. The van der Waals surface area contributed by atoms with Crippen molar-refractivity contribution in [1.82, 2.24) is 19.7 Å². The summed E-state index contributed by atoms with van der Waals surface area (Å²) in [5, 5.41) is 4.18. The van der Waals surface area contributed by atoms with Gasteiger partial charge in [0, 0.05) is 18.8 Å². The lowest BCUT2D eigenvalue weighted by Gasteiger charge is -2.03. The Bertz CT molecular complexity index is 460. The Kier molecular flexibility index (Phi) is 3.16. The van der Waals surface area contributed by atoms with Gasteiger partial charge in [-0.15, -0.1) is 0 Å². The van der Waals surface area contributed by atoms with E-state index < -0.39 is 0 Å². The fraction of sp³-hybridized carbons (Fsp3) is 0.222. The zero-order chi connectivity index (χ0) is 10.8. The van der Waals surface area contributed by atoms with Gasteiger partial charge in [-0.3, -0.25) is 4.68 Å². The van der Waals surface area contributed by atoms with Crippen molar-refractivity contribution in [3.05, 3.63) is 27.5 Å². The van der Waals surface area contributed by atoms with Crippen LogP contribution in [0.5, 0.6) is 0 Å². The number of halogens is 2. The zero-order valence-electron chi connectivity index (χ0n) is 7.98. The molecule has 0 aliphatic heterocycles. The molecule has 0 spiro atoms. The predicted molar refractivity (Wildman–Crippen MR) is 64.3 cm³/mol. The average molecular weight is 332 g/mol. The third-order valence-electron chi connectivity index (χ3n) is 1.91. The lowest BCUT2D eigenvalue weighted by Crippen LogP contribution is -2.01. The zero-order valence-corrected chi connectivity index (χ0v) is 11.2. The fourth-order valence-corrected chi connectivity index (χ4v) is 2.36. The van der Waals surface area contributed by atoms with Crippen molar-refractivity contribution < 1.29 is 0 Å². The van der Waals surface area contributed by atoms with Crippen LogP contribution in [0.2, 0.25) is 0 Å². The summed E-state index contributed by atoms with van der Waals surface area (Å²) in [5.74, 6) is 0.663. The van der Waals surface area contributed by atoms with Gasteiger partial charge in [-0.05, 0) is 44.8 Å². The number of hydrogen-bond acceptors (Lipinski definition) is 3. The molecule has 0 saturated heterocycles. The van der Waals surface area contributed by atoms with E-state index >= 15 is 0 Å². The SMILES string of the molecule is CCn1nccc1-c1nc(Br)cc(Br)n1. The molecule has 0 bridgehead atoms. The Morgan fingerprint density at radius 2 is 1.93 bits per heavy atom. The third kappa shape index (κ3) is 2.26. The van der Waals surface area contributed by atoms with Crippen molar-refractivity contribution in [3.8, 4) is 11.5 Å². The van der Waals surface area contributed by atoms with Crippen LogP contribution in [0.15, 0.2) is 27.5 Å². The molecule has 0 N–H and O–H groups in total. The Morgan fingerprint density at radius 1 is 1.27 bits per heavy atom. The lowest BCUT2D eigenvalue weighted by molar-refractivity contribution is 0.663. The van der Waals surface area contributed by atoms with Gasteiger partial charge < -0.3 is 0 Å². The van der Waals surface area contributed by atoms with Gasteiger partial charge in [0.2, 0.25) is 0 Å². The molecular weight excluding hydrogens is 324 g/mol. The van der Waals surface area contributed by atoms with E-state index in [4.69, 9.17) is 0 Å². The average Bonchev–Trinajstić information content (AvgIpc) is 2.63. The highest BCUT2D eigenvalue weighted by Gasteiger charge is 2.08. The van der Waals surface area contributed by atoms with Crippen LogP contribution >= 0.6 is 31.9 Å². The minimum Gasteiger partial charge on any atom is -0.262 e. The van der Waals surface area contributed by atoms with E-state index in [9.17, 15) is 0 Å². The number of aryl methyl sites for hydroxylation is 1. The summed E-state index contributed by atoms with van der Waals surface area (Å²) < 4.78 is 3.36. The summed E-state index contributed by atoms with van der Waals surface area (Å²) in [7, 11) is 0. The van der Waals surface area contributed by atoms with Crippen LogP contribution in [0.25, 0.3) is 11.5 Å². The monoisotopic (exact) mass is 330 g/mol. The topological polar surface area (TPSA) is 43.6 Å². The summed E-state index contributed by atoms with van der Waals surface area (Å²) in [6.07, 6.45) is 1.75. The molecule has 6 heteroatoms. The molecule has 0 unspecified atom stereocenters. The van der Waals surface area contributed by atoms with E-state index in [1.165, 1.54) is 0 Å². The number of nitrogens with zero attached hydrogens (tertiary/aromatic N) is 4. The maximum atomic E-state index is 4.30. The smallest absolute Gasteiger partial charge is 0.179 e. The molecule has 15 heavy (non-hydrogen) atoms. The Hall–Kier alpha value is -0.750. The summed E-state index contributed by atoms with van der Waals surface area (Å²) in [4.78, 5) is 8.60. The normalized spacial score (nSPS) is 10.6. The Morgan fingerprint density at radius 3 is 2.53 bits per heavy atom. The van der Waals surface area contributed by atoms with Crippen LogP contribution in [-0.2, 0) is 6.54 Å². The standard InChI is InChI=1S/C9H8Br2N4/c1-2-15-6(3-4-12-15)9-13-7(10)5-8(11)14-9/h3-5H,2H2,1H3. The first-order valence-electron chi connectivity index (χ1n) is 4.43. The first-order valence-corrected chi connectivity index (χ1v) is 6.01. The van der Waals surface area contributed by atoms with Crippen LogP contribution in [0.3, 0.4) is 0 Å². The molecule has 0 aliphatic carbocycles. The summed E-state index contributed by atoms with van der Waals surface area (Å²) >= 11 is 6.67. The molecule has 2 aromatic heterocycles. The van der Waals surface area contributed by atoms with Gasteiger partial charge in [-0.1, -0.05) is 0 Å². The fourth-order valence-electron chi connectivity index (χ4n) is 1.28. The molecule has 0 radical (unpaired) electrons. The van der Waals surface area contributed by atoms with E-state index in [0.717, 1.165) is 21.4 Å². The molecule has 0 fully saturated rings. The van der Waals surface area contributed by atoms with E-state index in [2.05, 4.69) is 46.9 Å². The van der Waals surface area contributed by atoms with Gasteiger partial charge in [0.25, 0.3) is 0 Å². The second-order valence-corrected chi connectivity index (χ2v) is 4.49. The van der Waals surface area contributed by atoms with Crippen LogP contribution in [0, 0.1) is 0 Å². The first-order chi connectivity index (χ1) is 7.20. The molecule has 0 atom stereocenters. The number of aromatic nitrogens is 4. The van der Waals surface area contributed by atoms with Crippen LogP contribution in [-0.4, -0.2) is 19.7 Å². The molecular formula is C9H8Br2N4. The van der Waals surface area contributed by atoms with E-state index in [1.807, 2.05) is 17.7 Å². The largest absolute Gasteiger partial charge is 0.262 e. The maximum absolute atomic E-state index is 4.30. The number of rotatable bonds is 2. The summed E-state index contributed by atoms with van der Waals surface area (Å²) in [5.41, 5.74) is 0.916. The molecule has 78 valence electrons. The van der Waals surface area contributed by atoms with Gasteiger partial charge in [-0.25, -0.2) is 9.97 Å². The number of hydrogen-bond donors (Lipinski definition) is 0. The molecule has 0 aromatic carbocycles. The van der Waals surface area contributed by atoms with Gasteiger partial charge >= 0.3 is 0 Å². The molecule has 2 heterocycles. The quantitative estimate of drug-likeness (QED) is 0.795. The minimum atomic E-state index is 0.663. The minimum absolute atomic E-state index is 0.663. The van der Waals surface area contributed by atoms with Gasteiger partial charge in [0.05, 0.1) is 0 Å². The van der Waals surface area contributed by atoms with Crippen LogP contribution < -0.4 is 0 Å². The lowest BCUT2D eigenvalue weighted by atomic mass is 10.4. The highest BCUT2D eigenvalue weighted by molar-refractivity contribution is 9.11. The van der Waals surface area contributed by atoms with E-state index in [1.54, 1.807) is 12.3 Å². The van der Waals surface area contributed by atoms with E-state index in [-0.39, 0.29) is 0 Å². The second kappa shape index (κ2) is 4.40. The van der Waals surface area contributed by atoms with Crippen molar-refractivity contribution in [1.29, 1.82) is 0 Å². The van der Waals surface area contributed by atoms with Crippen molar-refractivity contribution in [2.45, 2.75) is 13.5 Å². The van der Waals surface area contributed by atoms with Crippen molar-refractivity contribution in [2.75, 3.05) is 0 Å². The highest BCUT2D eigenvalue weighted by Crippen LogP contribution is 2.20. The predicted octanol–water partition coefficient (Wildman–Crippen LogP) is 2.89. The highest BCUT2D eigenvalue weighted by atomic mass is 79.9. The van der Waals surface area contributed by atoms with Crippen molar-refractivity contribution >= 4 is 31.9 Å². The van der Waals surface area contributed by atoms with Gasteiger partial charge in [0.15, 0.2) is 5.82 Å². The van der Waals surface area contributed by atoms with Crippen molar-refractivity contribution in [2.24, 2.45) is 0 Å². The van der Waals surface area contributed by atoms with Crippen molar-refractivity contribution in [3.63, 3.8) is 0 Å². The molecule has 0 amide bonds. The summed E-state index contributed by atoms with van der Waals surface area (Å²) in [6, 6.07) is 3.70.